The molecule has 0 aromatic carbocycles. The van der Waals surface area contributed by atoms with E-state index in [1.807, 2.05) is 32.0 Å². The maximum atomic E-state index is 12.1. The minimum Gasteiger partial charge on any atom is -0.384 e. The van der Waals surface area contributed by atoms with Crippen molar-refractivity contribution >= 4 is 11.7 Å². The first-order valence-corrected chi connectivity index (χ1v) is 6.55. The molecule has 0 spiro atoms. The quantitative estimate of drug-likeness (QED) is 0.888. The Kier molecular flexibility index (Phi) is 4.30. The number of aromatic nitrogens is 2. The van der Waals surface area contributed by atoms with Crippen molar-refractivity contribution in [3.05, 3.63) is 53.0 Å². The number of amides is 1. The van der Waals surface area contributed by atoms with Crippen LogP contribution in [-0.2, 0) is 13.0 Å². The van der Waals surface area contributed by atoms with E-state index in [0.717, 1.165) is 23.5 Å². The lowest BCUT2D eigenvalue weighted by Gasteiger charge is -2.07. The van der Waals surface area contributed by atoms with Gasteiger partial charge in [-0.2, -0.15) is 0 Å². The molecule has 0 aliphatic heterocycles. The van der Waals surface area contributed by atoms with Crippen LogP contribution in [0.25, 0.3) is 0 Å². The average Bonchev–Trinajstić information content (AvgIpc) is 2.44. The number of nitrogens with zero attached hydrogens (tertiary/aromatic N) is 2. The highest BCUT2D eigenvalue weighted by molar-refractivity contribution is 5.94. The zero-order valence-electron chi connectivity index (χ0n) is 11.7. The number of nitrogens with one attached hydrogen (secondary N) is 1. The lowest BCUT2D eigenvalue weighted by Crippen LogP contribution is -2.23. The molecule has 20 heavy (non-hydrogen) atoms. The van der Waals surface area contributed by atoms with Crippen LogP contribution in [0.15, 0.2) is 30.3 Å². The van der Waals surface area contributed by atoms with E-state index < -0.39 is 0 Å². The van der Waals surface area contributed by atoms with E-state index in [9.17, 15) is 4.79 Å². The molecule has 0 fully saturated rings. The van der Waals surface area contributed by atoms with Gasteiger partial charge >= 0.3 is 0 Å². The van der Waals surface area contributed by atoms with Gasteiger partial charge in [0.05, 0.1) is 12.2 Å². The summed E-state index contributed by atoms with van der Waals surface area (Å²) in [6.45, 7) is 4.28. The molecule has 1 amide bonds. The van der Waals surface area contributed by atoms with Crippen LogP contribution in [0.2, 0.25) is 0 Å². The van der Waals surface area contributed by atoms with Gasteiger partial charge in [-0.05, 0) is 37.6 Å². The number of aryl methyl sites for hydroxylation is 2. The van der Waals surface area contributed by atoms with Crippen LogP contribution in [0.1, 0.15) is 34.4 Å². The van der Waals surface area contributed by atoms with Crippen LogP contribution in [0.3, 0.4) is 0 Å². The fourth-order valence-corrected chi connectivity index (χ4v) is 1.89. The van der Waals surface area contributed by atoms with Gasteiger partial charge in [-0.3, -0.25) is 9.78 Å². The molecule has 2 rings (SSSR count). The predicted octanol–water partition coefficient (Wildman–Crippen LogP) is 1.86. The van der Waals surface area contributed by atoms with Crippen LogP contribution >= 0.6 is 0 Å². The number of carbonyl (C=O) groups excluding carboxylic acids is 1. The van der Waals surface area contributed by atoms with Gasteiger partial charge in [-0.15, -0.1) is 0 Å². The third kappa shape index (κ3) is 3.54. The van der Waals surface area contributed by atoms with Crippen molar-refractivity contribution in [3.63, 3.8) is 0 Å². The molecule has 5 nitrogen and oxygen atoms in total. The van der Waals surface area contributed by atoms with Crippen LogP contribution in [0.5, 0.6) is 0 Å². The standard InChI is InChI=1S/C15H18N4O/c1-3-12-7-11(8-14(16)19-12)15(20)17-9-13-6-4-5-10(2)18-13/h4-8H,3,9H2,1-2H3,(H2,16,19)(H,17,20). The number of carbonyl (C=O) groups is 1. The normalized spacial score (nSPS) is 10.3. The van der Waals surface area contributed by atoms with Gasteiger partial charge in [0, 0.05) is 17.0 Å². The van der Waals surface area contributed by atoms with E-state index in [-0.39, 0.29) is 5.91 Å². The molecule has 0 bridgehead atoms. The van der Waals surface area contributed by atoms with Crippen molar-refractivity contribution in [1.29, 1.82) is 0 Å². The Balaban J connectivity index is 2.07. The summed E-state index contributed by atoms with van der Waals surface area (Å²) in [5.74, 6) is 0.195. The number of anilines is 1. The Morgan fingerprint density at radius 2 is 2.05 bits per heavy atom. The Morgan fingerprint density at radius 1 is 1.25 bits per heavy atom. The summed E-state index contributed by atoms with van der Waals surface area (Å²) in [6, 6.07) is 9.06. The fourth-order valence-electron chi connectivity index (χ4n) is 1.89. The topological polar surface area (TPSA) is 80.9 Å². The molecule has 2 heterocycles. The molecule has 104 valence electrons. The predicted molar refractivity (Wildman–Crippen MR) is 78.2 cm³/mol. The first-order valence-electron chi connectivity index (χ1n) is 6.55. The van der Waals surface area contributed by atoms with E-state index >= 15 is 0 Å². The molecule has 0 atom stereocenters. The van der Waals surface area contributed by atoms with Crippen molar-refractivity contribution in [3.8, 4) is 0 Å². The summed E-state index contributed by atoms with van der Waals surface area (Å²) in [5.41, 5.74) is 8.79. The van der Waals surface area contributed by atoms with E-state index in [2.05, 4.69) is 15.3 Å². The molecule has 0 unspecified atom stereocenters. The van der Waals surface area contributed by atoms with Crippen molar-refractivity contribution in [1.82, 2.24) is 15.3 Å². The lowest BCUT2D eigenvalue weighted by atomic mass is 10.2. The van der Waals surface area contributed by atoms with E-state index in [1.165, 1.54) is 0 Å². The van der Waals surface area contributed by atoms with Gasteiger partial charge in [0.2, 0.25) is 0 Å². The Labute approximate surface area is 118 Å². The number of nitrogen functional groups attached to an aromatic ring is 1. The van der Waals surface area contributed by atoms with Crippen LogP contribution in [0, 0.1) is 6.92 Å². The van der Waals surface area contributed by atoms with Gasteiger partial charge < -0.3 is 11.1 Å². The van der Waals surface area contributed by atoms with Crippen LogP contribution in [0.4, 0.5) is 5.82 Å². The molecule has 3 N–H and O–H groups in total. The van der Waals surface area contributed by atoms with Gasteiger partial charge in [-0.25, -0.2) is 4.98 Å². The minimum absolute atomic E-state index is 0.169. The minimum atomic E-state index is -0.169. The van der Waals surface area contributed by atoms with Gasteiger partial charge in [0.25, 0.3) is 5.91 Å². The first-order chi connectivity index (χ1) is 9.58. The van der Waals surface area contributed by atoms with Crippen molar-refractivity contribution in [2.45, 2.75) is 26.8 Å². The third-order valence-corrected chi connectivity index (χ3v) is 2.90. The first kappa shape index (κ1) is 14.0. The molecule has 5 heteroatoms. The Hall–Kier alpha value is -2.43. The van der Waals surface area contributed by atoms with Crippen LogP contribution in [-0.4, -0.2) is 15.9 Å². The second kappa shape index (κ2) is 6.14. The van der Waals surface area contributed by atoms with Crippen molar-refractivity contribution in [2.24, 2.45) is 0 Å². The highest BCUT2D eigenvalue weighted by atomic mass is 16.1. The van der Waals surface area contributed by atoms with Gasteiger partial charge in [0.15, 0.2) is 0 Å². The summed E-state index contributed by atoms with van der Waals surface area (Å²) >= 11 is 0. The van der Waals surface area contributed by atoms with Crippen molar-refractivity contribution < 1.29 is 4.79 Å². The molecule has 2 aromatic rings. The molecule has 0 radical (unpaired) electrons. The monoisotopic (exact) mass is 270 g/mol. The van der Waals surface area contributed by atoms with E-state index in [0.29, 0.717) is 17.9 Å². The third-order valence-electron chi connectivity index (χ3n) is 2.90. The number of hydrogen-bond acceptors (Lipinski definition) is 4. The number of pyridine rings is 2. The summed E-state index contributed by atoms with van der Waals surface area (Å²) < 4.78 is 0. The van der Waals surface area contributed by atoms with Crippen molar-refractivity contribution in [2.75, 3.05) is 5.73 Å². The maximum absolute atomic E-state index is 12.1. The largest absolute Gasteiger partial charge is 0.384 e. The molecular formula is C15H18N4O. The highest BCUT2D eigenvalue weighted by Gasteiger charge is 2.08. The summed E-state index contributed by atoms with van der Waals surface area (Å²) in [4.78, 5) is 20.6. The maximum Gasteiger partial charge on any atom is 0.251 e. The van der Waals surface area contributed by atoms with Gasteiger partial charge in [-0.1, -0.05) is 13.0 Å². The Bertz CT molecular complexity index is 625. The number of hydrogen-bond donors (Lipinski definition) is 2. The molecule has 2 aromatic heterocycles. The summed E-state index contributed by atoms with van der Waals surface area (Å²) in [7, 11) is 0. The summed E-state index contributed by atoms with van der Waals surface area (Å²) in [5, 5.41) is 2.84. The second-order valence-electron chi connectivity index (χ2n) is 4.58. The number of nitrogens with two attached hydrogens (primary N) is 1. The Morgan fingerprint density at radius 3 is 2.75 bits per heavy atom. The molecule has 0 saturated carbocycles. The molecule has 0 saturated heterocycles. The smallest absolute Gasteiger partial charge is 0.251 e. The molecular weight excluding hydrogens is 252 g/mol. The second-order valence-corrected chi connectivity index (χ2v) is 4.58. The average molecular weight is 270 g/mol. The van der Waals surface area contributed by atoms with Crippen LogP contribution < -0.4 is 11.1 Å². The molecule has 0 aliphatic carbocycles. The zero-order valence-corrected chi connectivity index (χ0v) is 11.7. The fraction of sp³-hybridized carbons (Fsp3) is 0.267. The lowest BCUT2D eigenvalue weighted by molar-refractivity contribution is 0.0950. The molecule has 0 aliphatic rings. The zero-order chi connectivity index (χ0) is 14.5. The number of rotatable bonds is 4. The highest BCUT2D eigenvalue weighted by Crippen LogP contribution is 2.09. The van der Waals surface area contributed by atoms with E-state index in [4.69, 9.17) is 5.73 Å². The van der Waals surface area contributed by atoms with Gasteiger partial charge in [0.1, 0.15) is 5.82 Å². The van der Waals surface area contributed by atoms with E-state index in [1.54, 1.807) is 12.1 Å². The summed E-state index contributed by atoms with van der Waals surface area (Å²) in [6.07, 6.45) is 0.741. The SMILES string of the molecule is CCc1cc(C(=O)NCc2cccc(C)n2)cc(N)n1.